The van der Waals surface area contributed by atoms with Crippen molar-refractivity contribution < 1.29 is 13.2 Å². The van der Waals surface area contributed by atoms with Gasteiger partial charge in [0.05, 0.1) is 23.0 Å². The topological polar surface area (TPSA) is 68.3 Å². The molecule has 0 saturated carbocycles. The summed E-state index contributed by atoms with van der Waals surface area (Å²) in [6.45, 7) is 5.97. The van der Waals surface area contributed by atoms with Gasteiger partial charge in [-0.3, -0.25) is 4.72 Å². The summed E-state index contributed by atoms with van der Waals surface area (Å²) >= 11 is 1.52. The first-order valence-electron chi connectivity index (χ1n) is 8.18. The smallest absolute Gasteiger partial charge is 0.265 e. The summed E-state index contributed by atoms with van der Waals surface area (Å²) in [5.74, 6) is 0.323. The monoisotopic (exact) mass is 388 g/mol. The summed E-state index contributed by atoms with van der Waals surface area (Å²) in [6, 6.07) is 12.4. The van der Waals surface area contributed by atoms with E-state index in [9.17, 15) is 8.42 Å². The lowest BCUT2D eigenvalue weighted by Gasteiger charge is -2.15. The van der Waals surface area contributed by atoms with Crippen molar-refractivity contribution in [2.45, 2.75) is 25.7 Å². The molecule has 0 radical (unpaired) electrons. The Morgan fingerprint density at radius 3 is 2.58 bits per heavy atom. The van der Waals surface area contributed by atoms with E-state index in [0.29, 0.717) is 18.0 Å². The van der Waals surface area contributed by atoms with Crippen molar-refractivity contribution in [3.05, 3.63) is 58.4 Å². The summed E-state index contributed by atoms with van der Waals surface area (Å²) < 4.78 is 34.3. The molecule has 0 fully saturated rings. The molecule has 0 aliphatic heterocycles. The maximum atomic E-state index is 13.0. The van der Waals surface area contributed by atoms with Crippen molar-refractivity contribution in [2.75, 3.05) is 11.3 Å². The molecule has 0 saturated heterocycles. The summed E-state index contributed by atoms with van der Waals surface area (Å²) in [7, 11) is -3.81. The Morgan fingerprint density at radius 2 is 1.92 bits per heavy atom. The van der Waals surface area contributed by atoms with Gasteiger partial charge in [-0.15, -0.1) is 11.3 Å². The molecule has 1 heterocycles. The first-order chi connectivity index (χ1) is 12.4. The van der Waals surface area contributed by atoms with Crippen LogP contribution in [0.2, 0.25) is 0 Å². The highest BCUT2D eigenvalue weighted by atomic mass is 32.2. The molecule has 0 bridgehead atoms. The summed E-state index contributed by atoms with van der Waals surface area (Å²) in [6.07, 6.45) is 0. The lowest BCUT2D eigenvalue weighted by Crippen LogP contribution is -2.15. The number of benzene rings is 2. The molecule has 3 rings (SSSR count). The average Bonchev–Trinajstić information content (AvgIpc) is 3.04. The van der Waals surface area contributed by atoms with Crippen LogP contribution < -0.4 is 9.46 Å². The molecular weight excluding hydrogens is 368 g/mol. The Bertz CT molecular complexity index is 1030. The number of thiazole rings is 1. The summed E-state index contributed by atoms with van der Waals surface area (Å²) in [5, 5.41) is 2.84. The Morgan fingerprint density at radius 1 is 1.15 bits per heavy atom. The zero-order chi connectivity index (χ0) is 18.7. The molecule has 1 N–H and O–H groups in total. The lowest BCUT2D eigenvalue weighted by atomic mass is 10.2. The first kappa shape index (κ1) is 18.4. The van der Waals surface area contributed by atoms with Crippen molar-refractivity contribution in [3.8, 4) is 17.0 Å². The van der Waals surface area contributed by atoms with E-state index in [0.717, 1.165) is 21.8 Å². The molecule has 5 nitrogen and oxygen atoms in total. The van der Waals surface area contributed by atoms with Gasteiger partial charge in [0.2, 0.25) is 0 Å². The third-order valence-electron chi connectivity index (χ3n) is 3.84. The van der Waals surface area contributed by atoms with Gasteiger partial charge in [-0.2, -0.15) is 0 Å². The van der Waals surface area contributed by atoms with Gasteiger partial charge in [-0.1, -0.05) is 18.2 Å². The second kappa shape index (κ2) is 7.47. The Kier molecular flexibility index (Phi) is 5.29. The van der Waals surface area contributed by atoms with Crippen LogP contribution in [0.5, 0.6) is 5.75 Å². The number of hydrogen-bond acceptors (Lipinski definition) is 5. The van der Waals surface area contributed by atoms with Crippen molar-refractivity contribution in [2.24, 2.45) is 0 Å². The number of nitrogens with one attached hydrogen (secondary N) is 1. The maximum Gasteiger partial charge on any atom is 0.265 e. The van der Waals surface area contributed by atoms with Crippen LogP contribution in [0.1, 0.15) is 17.5 Å². The zero-order valence-electron chi connectivity index (χ0n) is 14.8. The van der Waals surface area contributed by atoms with Crippen molar-refractivity contribution >= 4 is 27.0 Å². The Balaban J connectivity index is 2.06. The van der Waals surface area contributed by atoms with Gasteiger partial charge < -0.3 is 4.74 Å². The van der Waals surface area contributed by atoms with Gasteiger partial charge >= 0.3 is 0 Å². The van der Waals surface area contributed by atoms with Crippen LogP contribution in [0, 0.1) is 13.8 Å². The minimum absolute atomic E-state index is 0.103. The normalized spacial score (nSPS) is 11.3. The number of rotatable bonds is 6. The van der Waals surface area contributed by atoms with Crippen molar-refractivity contribution in [3.63, 3.8) is 0 Å². The molecule has 0 atom stereocenters. The molecule has 26 heavy (non-hydrogen) atoms. The lowest BCUT2D eigenvalue weighted by molar-refractivity contribution is 0.331. The number of hydrogen-bond donors (Lipinski definition) is 1. The van der Waals surface area contributed by atoms with E-state index in [4.69, 9.17) is 4.74 Å². The highest BCUT2D eigenvalue weighted by Gasteiger charge is 2.22. The quantitative estimate of drug-likeness (QED) is 0.669. The fourth-order valence-corrected chi connectivity index (χ4v) is 4.46. The highest BCUT2D eigenvalue weighted by Crippen LogP contribution is 2.32. The van der Waals surface area contributed by atoms with E-state index in [1.54, 1.807) is 24.3 Å². The van der Waals surface area contributed by atoms with Gasteiger partial charge in [0, 0.05) is 10.9 Å². The molecule has 136 valence electrons. The van der Waals surface area contributed by atoms with E-state index >= 15 is 0 Å². The van der Waals surface area contributed by atoms with Crippen molar-refractivity contribution in [1.29, 1.82) is 0 Å². The molecule has 1 aromatic heterocycles. The number of nitrogens with zero attached hydrogens (tertiary/aromatic N) is 1. The van der Waals surface area contributed by atoms with Crippen LogP contribution in [0.4, 0.5) is 5.69 Å². The van der Waals surface area contributed by atoms with Gasteiger partial charge in [-0.05, 0) is 50.6 Å². The number of sulfonamides is 1. The number of para-hydroxylation sites is 1. The molecule has 0 aliphatic carbocycles. The van der Waals surface area contributed by atoms with Crippen LogP contribution in [0.3, 0.4) is 0 Å². The highest BCUT2D eigenvalue weighted by molar-refractivity contribution is 7.92. The van der Waals surface area contributed by atoms with Crippen molar-refractivity contribution in [1.82, 2.24) is 4.98 Å². The fraction of sp³-hybridized carbons (Fsp3) is 0.211. The third kappa shape index (κ3) is 3.89. The minimum atomic E-state index is -3.81. The molecule has 0 amide bonds. The number of aromatic nitrogens is 1. The van der Waals surface area contributed by atoms with E-state index in [2.05, 4.69) is 9.71 Å². The maximum absolute atomic E-state index is 13.0. The molecule has 2 aromatic carbocycles. The second-order valence-electron chi connectivity index (χ2n) is 5.77. The minimum Gasteiger partial charge on any atom is -0.492 e. The SMILES string of the molecule is CCOc1ccc(-c2csc(C)n2)cc1S(=O)(=O)Nc1ccccc1C. The molecule has 7 heteroatoms. The van der Waals surface area contributed by atoms with Gasteiger partial charge in [-0.25, -0.2) is 13.4 Å². The first-order valence-corrected chi connectivity index (χ1v) is 10.5. The van der Waals surface area contributed by atoms with Gasteiger partial charge in [0.25, 0.3) is 10.0 Å². The van der Waals surface area contributed by atoms with Crippen LogP contribution in [-0.4, -0.2) is 20.0 Å². The zero-order valence-corrected chi connectivity index (χ0v) is 16.4. The van der Waals surface area contributed by atoms with E-state index < -0.39 is 10.0 Å². The van der Waals surface area contributed by atoms with Gasteiger partial charge in [0.1, 0.15) is 10.6 Å². The predicted octanol–water partition coefficient (Wildman–Crippen LogP) is 4.63. The number of aryl methyl sites for hydroxylation is 2. The van der Waals surface area contributed by atoms with Crippen LogP contribution >= 0.6 is 11.3 Å². The molecule has 0 aliphatic rings. The fourth-order valence-electron chi connectivity index (χ4n) is 2.54. The van der Waals surface area contributed by atoms with Crippen LogP contribution in [0.15, 0.2) is 52.7 Å². The standard InChI is InChI=1S/C19H20N2O3S2/c1-4-24-18-10-9-15(17-12-25-14(3)20-17)11-19(18)26(22,23)21-16-8-6-5-7-13(16)2/h5-12,21H,4H2,1-3H3. The molecule has 3 aromatic rings. The number of ether oxygens (including phenoxy) is 1. The summed E-state index contributed by atoms with van der Waals surface area (Å²) in [5.41, 5.74) is 2.89. The largest absolute Gasteiger partial charge is 0.492 e. The average molecular weight is 389 g/mol. The molecule has 0 unspecified atom stereocenters. The second-order valence-corrected chi connectivity index (χ2v) is 8.48. The Hall–Kier alpha value is -2.38. The van der Waals surface area contributed by atoms with Crippen LogP contribution in [-0.2, 0) is 10.0 Å². The summed E-state index contributed by atoms with van der Waals surface area (Å²) in [4.78, 5) is 4.54. The molecule has 0 spiro atoms. The molecular formula is C19H20N2O3S2. The third-order valence-corrected chi connectivity index (χ3v) is 6.00. The predicted molar refractivity (Wildman–Crippen MR) is 105 cm³/mol. The van der Waals surface area contributed by atoms with E-state index in [1.165, 1.54) is 11.3 Å². The van der Waals surface area contributed by atoms with E-state index in [-0.39, 0.29) is 4.90 Å². The number of anilines is 1. The van der Waals surface area contributed by atoms with E-state index in [1.807, 2.05) is 44.4 Å². The van der Waals surface area contributed by atoms with Gasteiger partial charge in [0.15, 0.2) is 0 Å². The Labute approximate surface area is 157 Å². The van der Waals surface area contributed by atoms with Crippen LogP contribution in [0.25, 0.3) is 11.3 Å².